The zero-order chi connectivity index (χ0) is 45.0. The number of ether oxygens (including phenoxy) is 6. The minimum absolute atomic E-state index is 0.0118. The Kier molecular flexibility index (Phi) is 21.1. The lowest BCUT2D eigenvalue weighted by Gasteiger charge is -2.38. The molecule has 0 bridgehead atoms. The molecule has 0 saturated carbocycles. The Morgan fingerprint density at radius 3 is 2.10 bits per heavy atom. The molecule has 0 aliphatic carbocycles. The third kappa shape index (κ3) is 15.0. The summed E-state index contributed by atoms with van der Waals surface area (Å²) >= 11 is 0. The van der Waals surface area contributed by atoms with E-state index in [1.165, 1.54) is 13.2 Å². The number of aromatic amines is 1. The van der Waals surface area contributed by atoms with Crippen LogP contribution < -0.4 is 27.6 Å². The van der Waals surface area contributed by atoms with Crippen molar-refractivity contribution >= 4 is 29.7 Å². The van der Waals surface area contributed by atoms with Crippen molar-refractivity contribution < 1.29 is 57.5 Å². The number of amides is 3. The van der Waals surface area contributed by atoms with Crippen molar-refractivity contribution in [3.63, 3.8) is 0 Å². The van der Waals surface area contributed by atoms with E-state index in [-0.39, 0.29) is 12.8 Å². The number of carbonyl (C=O) groups excluding carboxylic acids is 5. The molecule has 3 aliphatic heterocycles. The molecule has 0 spiro atoms. The standard InChI is InChI=1S/C43H67N5O14/c1-4-6-8-10-12-14-16-21-31(50)58-28-26-29(40(55)46-27-20-18-19-24-45-39(27)54)59-42(34(28)60-32(51)22-17-15-13-11-9-7-5-2)62-37(38(44)53)36-35(57-3)33(52)41(61-36)48-25-23-30(49)47-43(48)56/h23,25-28,33-37,41-42,52H,4-22,24H2,1-3H3,(H2,44,53)(H,45,54)(H,46,55)(H,47,49,56). The zero-order valence-corrected chi connectivity index (χ0v) is 36.3. The maximum Gasteiger partial charge on any atom is 0.330 e. The van der Waals surface area contributed by atoms with Crippen molar-refractivity contribution in [1.29, 1.82) is 0 Å². The molecule has 2 fully saturated rings. The summed E-state index contributed by atoms with van der Waals surface area (Å²) in [5, 5.41) is 16.7. The Hall–Kier alpha value is -4.59. The van der Waals surface area contributed by atoms with Crippen LogP contribution >= 0.6 is 0 Å². The molecule has 4 heterocycles. The second-order valence-electron chi connectivity index (χ2n) is 16.1. The highest BCUT2D eigenvalue weighted by Crippen LogP contribution is 2.35. The summed E-state index contributed by atoms with van der Waals surface area (Å²) in [6.45, 7) is 4.70. The van der Waals surface area contributed by atoms with Gasteiger partial charge in [0.05, 0.1) is 0 Å². The molecule has 62 heavy (non-hydrogen) atoms. The molecule has 348 valence electrons. The zero-order valence-electron chi connectivity index (χ0n) is 36.3. The summed E-state index contributed by atoms with van der Waals surface area (Å²) in [6.07, 6.45) is 4.20. The van der Waals surface area contributed by atoms with Crippen LogP contribution in [0.4, 0.5) is 0 Å². The monoisotopic (exact) mass is 877 g/mol. The van der Waals surface area contributed by atoms with Crippen LogP contribution in [0, 0.1) is 0 Å². The fraction of sp³-hybridized carbons (Fsp3) is 0.744. The third-order valence-corrected chi connectivity index (χ3v) is 11.2. The van der Waals surface area contributed by atoms with E-state index in [2.05, 4.69) is 29.5 Å². The number of rotatable bonds is 26. The van der Waals surface area contributed by atoms with Gasteiger partial charge in [-0.25, -0.2) is 4.79 Å². The average molecular weight is 878 g/mol. The molecular formula is C43H67N5O14. The molecule has 9 atom stereocenters. The number of nitrogens with one attached hydrogen (secondary N) is 3. The number of esters is 2. The maximum atomic E-state index is 13.9. The smallest absolute Gasteiger partial charge is 0.330 e. The molecule has 0 radical (unpaired) electrons. The predicted octanol–water partition coefficient (Wildman–Crippen LogP) is 2.81. The lowest BCUT2D eigenvalue weighted by atomic mass is 10.0. The molecule has 0 aromatic carbocycles. The fourth-order valence-corrected chi connectivity index (χ4v) is 7.77. The molecule has 19 nitrogen and oxygen atoms in total. The summed E-state index contributed by atoms with van der Waals surface area (Å²) in [7, 11) is 1.21. The summed E-state index contributed by atoms with van der Waals surface area (Å²) < 4.78 is 36.5. The first-order chi connectivity index (χ1) is 29.9. The fourth-order valence-electron chi connectivity index (χ4n) is 7.77. The lowest BCUT2D eigenvalue weighted by Crippen LogP contribution is -2.56. The highest BCUT2D eigenvalue weighted by molar-refractivity contribution is 5.96. The number of nitrogens with two attached hydrogens (primary N) is 1. The van der Waals surface area contributed by atoms with Crippen LogP contribution in [0.2, 0.25) is 0 Å². The van der Waals surface area contributed by atoms with E-state index in [1.54, 1.807) is 0 Å². The highest BCUT2D eigenvalue weighted by atomic mass is 16.7. The summed E-state index contributed by atoms with van der Waals surface area (Å²) in [5.41, 5.74) is 4.25. The number of primary amides is 1. The van der Waals surface area contributed by atoms with Crippen LogP contribution in [0.25, 0.3) is 0 Å². The number of methoxy groups -OCH3 is 1. The van der Waals surface area contributed by atoms with Crippen molar-refractivity contribution in [2.75, 3.05) is 13.7 Å². The number of aliphatic hydroxyl groups excluding tert-OH is 1. The molecule has 3 amide bonds. The van der Waals surface area contributed by atoms with Gasteiger partial charge in [-0.2, -0.15) is 0 Å². The largest absolute Gasteiger partial charge is 0.455 e. The van der Waals surface area contributed by atoms with Gasteiger partial charge in [-0.3, -0.25) is 38.3 Å². The average Bonchev–Trinajstić information content (AvgIpc) is 3.42. The Morgan fingerprint density at radius 2 is 1.50 bits per heavy atom. The number of hydrogen-bond acceptors (Lipinski definition) is 14. The maximum absolute atomic E-state index is 13.9. The topological polar surface area (TPSA) is 266 Å². The first-order valence-corrected chi connectivity index (χ1v) is 22.4. The van der Waals surface area contributed by atoms with Gasteiger partial charge in [-0.1, -0.05) is 90.9 Å². The van der Waals surface area contributed by atoms with E-state index in [4.69, 9.17) is 34.2 Å². The first-order valence-electron chi connectivity index (χ1n) is 22.4. The number of aromatic nitrogens is 2. The number of nitrogens with zero attached hydrogens (tertiary/aromatic N) is 1. The van der Waals surface area contributed by atoms with Crippen molar-refractivity contribution in [2.24, 2.45) is 5.73 Å². The third-order valence-electron chi connectivity index (χ3n) is 11.2. The van der Waals surface area contributed by atoms with Crippen LogP contribution in [-0.2, 0) is 52.4 Å². The Bertz CT molecular complexity index is 1770. The van der Waals surface area contributed by atoms with Crippen LogP contribution in [0.3, 0.4) is 0 Å². The van der Waals surface area contributed by atoms with Gasteiger partial charge in [-0.05, 0) is 32.1 Å². The summed E-state index contributed by atoms with van der Waals surface area (Å²) in [6, 6.07) is 0.106. The van der Waals surface area contributed by atoms with E-state index >= 15 is 0 Å². The molecule has 1 aromatic rings. The number of carbonyl (C=O) groups is 5. The van der Waals surface area contributed by atoms with Gasteiger partial charge in [0.25, 0.3) is 11.5 Å². The molecule has 6 N–H and O–H groups in total. The van der Waals surface area contributed by atoms with E-state index in [9.17, 15) is 38.7 Å². The Balaban J connectivity index is 1.65. The molecule has 9 unspecified atom stereocenters. The van der Waals surface area contributed by atoms with Gasteiger partial charge in [-0.15, -0.1) is 0 Å². The summed E-state index contributed by atoms with van der Waals surface area (Å²) in [4.78, 5) is 93.5. The van der Waals surface area contributed by atoms with Gasteiger partial charge in [0.2, 0.25) is 24.2 Å². The normalized spacial score (nSPS) is 25.4. The van der Waals surface area contributed by atoms with E-state index in [0.29, 0.717) is 38.6 Å². The van der Waals surface area contributed by atoms with Gasteiger partial charge in [0.1, 0.15) is 24.4 Å². The quantitative estimate of drug-likeness (QED) is 0.0662. The van der Waals surface area contributed by atoms with Gasteiger partial charge in [0.15, 0.2) is 24.2 Å². The van der Waals surface area contributed by atoms with Gasteiger partial charge in [0, 0.05) is 44.8 Å². The molecule has 4 rings (SSSR count). The van der Waals surface area contributed by atoms with Crippen LogP contribution in [0.1, 0.15) is 142 Å². The Morgan fingerprint density at radius 1 is 0.887 bits per heavy atom. The first kappa shape index (κ1) is 50.1. The van der Waals surface area contributed by atoms with Crippen molar-refractivity contribution in [3.05, 3.63) is 44.9 Å². The molecule has 1 aromatic heterocycles. The van der Waals surface area contributed by atoms with Crippen molar-refractivity contribution in [3.8, 4) is 0 Å². The van der Waals surface area contributed by atoms with E-state index in [1.807, 2.05) is 0 Å². The molecule has 2 saturated heterocycles. The number of unbranched alkanes of at least 4 members (excludes halogenated alkanes) is 12. The Labute approximate surface area is 362 Å². The minimum Gasteiger partial charge on any atom is -0.455 e. The minimum atomic E-state index is -1.88. The van der Waals surface area contributed by atoms with E-state index in [0.717, 1.165) is 93.9 Å². The number of aliphatic hydroxyl groups is 1. The highest BCUT2D eigenvalue weighted by Gasteiger charge is 2.53. The van der Waals surface area contributed by atoms with E-state index < -0.39 is 102 Å². The van der Waals surface area contributed by atoms with Crippen LogP contribution in [-0.4, -0.2) is 107 Å². The van der Waals surface area contributed by atoms with Crippen LogP contribution in [0.15, 0.2) is 33.7 Å². The second-order valence-corrected chi connectivity index (χ2v) is 16.1. The van der Waals surface area contributed by atoms with Gasteiger partial charge >= 0.3 is 17.6 Å². The number of hydrogen-bond donors (Lipinski definition) is 5. The molecular weight excluding hydrogens is 810 g/mol. The summed E-state index contributed by atoms with van der Waals surface area (Å²) in [5.74, 6) is -4.26. The molecule has 19 heteroatoms. The second kappa shape index (κ2) is 26.1. The lowest BCUT2D eigenvalue weighted by molar-refractivity contribution is -0.250. The molecule has 3 aliphatic rings. The number of H-pyrrole nitrogens is 1. The van der Waals surface area contributed by atoms with Crippen LogP contribution in [0.5, 0.6) is 0 Å². The van der Waals surface area contributed by atoms with Crippen molar-refractivity contribution in [1.82, 2.24) is 20.2 Å². The predicted molar refractivity (Wildman–Crippen MR) is 223 cm³/mol. The SMILES string of the molecule is CCCCCCCCCC(=O)OC1C=C(C(=O)NC2CCCCNC2=O)OC(OC(C(N)=O)C2OC(n3ccc(=O)[nH]c3=O)C(O)C2OC)C1OC(=O)CCCCCCCCC. The van der Waals surface area contributed by atoms with Crippen molar-refractivity contribution in [2.45, 2.75) is 191 Å². The van der Waals surface area contributed by atoms with Gasteiger partial charge < -0.3 is 49.9 Å².